The van der Waals surface area contributed by atoms with Crippen molar-refractivity contribution in [1.82, 2.24) is 16.0 Å². The molecule has 0 saturated heterocycles. The summed E-state index contributed by atoms with van der Waals surface area (Å²) in [7, 11) is 1.84. The van der Waals surface area contributed by atoms with Gasteiger partial charge in [0, 0.05) is 19.1 Å². The van der Waals surface area contributed by atoms with Gasteiger partial charge in [0.2, 0.25) is 0 Å². The topological polar surface area (TPSA) is 88.7 Å². The van der Waals surface area contributed by atoms with Crippen LogP contribution in [0.3, 0.4) is 0 Å². The lowest BCUT2D eigenvalue weighted by atomic mass is 9.96. The first-order valence-electron chi connectivity index (χ1n) is 7.53. The zero-order valence-electron chi connectivity index (χ0n) is 13.5. The Morgan fingerprint density at radius 1 is 1.10 bits per heavy atom. The Hall–Kier alpha value is -1.50. The number of rotatable bonds is 10. The maximum atomic E-state index is 11.5. The average Bonchev–Trinajstić information content (AvgIpc) is 2.43. The molecule has 0 aromatic carbocycles. The smallest absolute Gasteiger partial charge is 0.407 e. The Balaban J connectivity index is 4.02. The van der Waals surface area contributed by atoms with Crippen LogP contribution in [-0.4, -0.2) is 51.6 Å². The maximum Gasteiger partial charge on any atom is 0.407 e. The second-order valence-corrected chi connectivity index (χ2v) is 4.80. The van der Waals surface area contributed by atoms with Crippen molar-refractivity contribution in [2.24, 2.45) is 5.92 Å². The third kappa shape index (κ3) is 9.95. The predicted molar refractivity (Wildman–Crippen MR) is 81.3 cm³/mol. The summed E-state index contributed by atoms with van der Waals surface area (Å²) in [4.78, 5) is 22.6. The van der Waals surface area contributed by atoms with Gasteiger partial charge in [-0.15, -0.1) is 0 Å². The molecule has 7 nitrogen and oxygen atoms in total. The highest BCUT2D eigenvalue weighted by Crippen LogP contribution is 2.10. The van der Waals surface area contributed by atoms with E-state index in [4.69, 9.17) is 9.47 Å². The van der Waals surface area contributed by atoms with Gasteiger partial charge in [0.1, 0.15) is 0 Å². The van der Waals surface area contributed by atoms with Crippen molar-refractivity contribution in [2.45, 2.75) is 39.7 Å². The van der Waals surface area contributed by atoms with Crippen molar-refractivity contribution < 1.29 is 19.1 Å². The molecule has 0 radical (unpaired) electrons. The van der Waals surface area contributed by atoms with E-state index in [0.717, 1.165) is 12.8 Å². The Bertz CT molecular complexity index is 300. The van der Waals surface area contributed by atoms with Crippen LogP contribution >= 0.6 is 0 Å². The lowest BCUT2D eigenvalue weighted by Gasteiger charge is -2.24. The molecule has 0 heterocycles. The molecule has 0 aromatic heterocycles. The minimum Gasteiger partial charge on any atom is -0.450 e. The van der Waals surface area contributed by atoms with Gasteiger partial charge in [0.25, 0.3) is 0 Å². The molecule has 0 aliphatic heterocycles. The number of ether oxygens (including phenoxy) is 2. The van der Waals surface area contributed by atoms with E-state index in [1.54, 1.807) is 13.8 Å². The molecule has 0 rings (SSSR count). The van der Waals surface area contributed by atoms with E-state index in [9.17, 15) is 9.59 Å². The molecule has 3 N–H and O–H groups in total. The van der Waals surface area contributed by atoms with Gasteiger partial charge in [-0.2, -0.15) is 0 Å². The second-order valence-electron chi connectivity index (χ2n) is 4.80. The predicted octanol–water partition coefficient (Wildman–Crippen LogP) is 1.48. The molecule has 0 aromatic rings. The van der Waals surface area contributed by atoms with Crippen LogP contribution in [0.4, 0.5) is 9.59 Å². The first-order valence-corrected chi connectivity index (χ1v) is 7.53. The van der Waals surface area contributed by atoms with Crippen molar-refractivity contribution in [3.63, 3.8) is 0 Å². The van der Waals surface area contributed by atoms with E-state index in [0.29, 0.717) is 26.3 Å². The minimum atomic E-state index is -0.394. The molecule has 0 aliphatic rings. The van der Waals surface area contributed by atoms with Gasteiger partial charge >= 0.3 is 12.2 Å². The van der Waals surface area contributed by atoms with E-state index < -0.39 is 6.09 Å². The van der Waals surface area contributed by atoms with Crippen molar-refractivity contribution in [3.05, 3.63) is 0 Å². The highest BCUT2D eigenvalue weighted by molar-refractivity contribution is 5.67. The van der Waals surface area contributed by atoms with Crippen LogP contribution in [0.15, 0.2) is 0 Å². The fourth-order valence-corrected chi connectivity index (χ4v) is 1.94. The maximum absolute atomic E-state index is 11.5. The monoisotopic (exact) mass is 303 g/mol. The van der Waals surface area contributed by atoms with E-state index in [1.807, 2.05) is 7.05 Å². The molecule has 7 heteroatoms. The lowest BCUT2D eigenvalue weighted by Crippen LogP contribution is -2.45. The molecule has 124 valence electrons. The van der Waals surface area contributed by atoms with Crippen LogP contribution in [0, 0.1) is 5.92 Å². The van der Waals surface area contributed by atoms with Crippen molar-refractivity contribution in [3.8, 4) is 0 Å². The summed E-state index contributed by atoms with van der Waals surface area (Å²) in [5.74, 6) is 0.269. The number of carbonyl (C=O) groups excluding carboxylic acids is 2. The molecule has 1 unspecified atom stereocenters. The van der Waals surface area contributed by atoms with Gasteiger partial charge in [-0.3, -0.25) is 0 Å². The van der Waals surface area contributed by atoms with Gasteiger partial charge in [-0.05, 0) is 39.7 Å². The third-order valence-electron chi connectivity index (χ3n) is 3.07. The van der Waals surface area contributed by atoms with E-state index in [2.05, 4.69) is 22.9 Å². The van der Waals surface area contributed by atoms with Crippen LogP contribution in [-0.2, 0) is 9.47 Å². The molecule has 0 aliphatic carbocycles. The van der Waals surface area contributed by atoms with Crippen LogP contribution in [0.1, 0.15) is 33.6 Å². The van der Waals surface area contributed by atoms with Crippen LogP contribution in [0.25, 0.3) is 0 Å². The highest BCUT2D eigenvalue weighted by Gasteiger charge is 2.19. The van der Waals surface area contributed by atoms with Crippen molar-refractivity contribution >= 4 is 12.2 Å². The summed E-state index contributed by atoms with van der Waals surface area (Å²) >= 11 is 0. The molecular weight excluding hydrogens is 274 g/mol. The van der Waals surface area contributed by atoms with Gasteiger partial charge in [0.05, 0.1) is 13.2 Å². The molecule has 0 fully saturated rings. The van der Waals surface area contributed by atoms with Gasteiger partial charge in [-0.25, -0.2) is 9.59 Å². The van der Waals surface area contributed by atoms with E-state index >= 15 is 0 Å². The summed E-state index contributed by atoms with van der Waals surface area (Å²) in [5, 5.41) is 8.60. The average molecular weight is 303 g/mol. The second kappa shape index (κ2) is 12.3. The number of hydrogen-bond donors (Lipinski definition) is 3. The zero-order chi connectivity index (χ0) is 16.1. The Morgan fingerprint density at radius 3 is 2.29 bits per heavy atom. The minimum absolute atomic E-state index is 0.00311. The SMILES string of the molecule is CCOC(=O)NCCC[C@H](C)C(CNC)NC(=O)OCC. The number of likely N-dealkylation sites (N-methyl/N-ethyl adjacent to an activating group) is 1. The van der Waals surface area contributed by atoms with Crippen LogP contribution in [0.5, 0.6) is 0 Å². The highest BCUT2D eigenvalue weighted by atomic mass is 16.6. The fourth-order valence-electron chi connectivity index (χ4n) is 1.94. The molecule has 0 spiro atoms. The largest absolute Gasteiger partial charge is 0.450 e. The third-order valence-corrected chi connectivity index (χ3v) is 3.07. The normalized spacial score (nSPS) is 13.1. The van der Waals surface area contributed by atoms with Gasteiger partial charge in [-0.1, -0.05) is 6.92 Å². The molecule has 0 bridgehead atoms. The summed E-state index contributed by atoms with van der Waals surface area (Å²) < 4.78 is 9.68. The Morgan fingerprint density at radius 2 is 1.71 bits per heavy atom. The summed E-state index contributed by atoms with van der Waals surface area (Å²) in [5.41, 5.74) is 0. The summed E-state index contributed by atoms with van der Waals surface area (Å²) in [6, 6.07) is -0.00311. The molecule has 2 amide bonds. The first kappa shape index (κ1) is 19.5. The number of alkyl carbamates (subject to hydrolysis) is 2. The van der Waals surface area contributed by atoms with Crippen LogP contribution < -0.4 is 16.0 Å². The fraction of sp³-hybridized carbons (Fsp3) is 0.857. The molecule has 2 atom stereocenters. The number of carbonyl (C=O) groups is 2. The Kier molecular flexibility index (Phi) is 11.4. The van der Waals surface area contributed by atoms with Crippen LogP contribution in [0.2, 0.25) is 0 Å². The quantitative estimate of drug-likeness (QED) is 0.532. The molecule has 0 saturated carbocycles. The van der Waals surface area contributed by atoms with E-state index in [-0.39, 0.29) is 18.1 Å². The molecular formula is C14H29N3O4. The first-order chi connectivity index (χ1) is 10.0. The number of hydrogen-bond acceptors (Lipinski definition) is 5. The number of nitrogens with one attached hydrogen (secondary N) is 3. The summed E-state index contributed by atoms with van der Waals surface area (Å²) in [6.07, 6.45) is 0.923. The van der Waals surface area contributed by atoms with Gasteiger partial charge < -0.3 is 25.4 Å². The lowest BCUT2D eigenvalue weighted by molar-refractivity contribution is 0.143. The Labute approximate surface area is 127 Å². The zero-order valence-corrected chi connectivity index (χ0v) is 13.5. The van der Waals surface area contributed by atoms with E-state index in [1.165, 1.54) is 0 Å². The van der Waals surface area contributed by atoms with Crippen molar-refractivity contribution in [2.75, 3.05) is 33.4 Å². The molecule has 21 heavy (non-hydrogen) atoms. The van der Waals surface area contributed by atoms with Gasteiger partial charge in [0.15, 0.2) is 0 Å². The summed E-state index contributed by atoms with van der Waals surface area (Å²) in [6.45, 7) is 7.58. The number of amides is 2. The van der Waals surface area contributed by atoms with Crippen molar-refractivity contribution in [1.29, 1.82) is 0 Å². The standard InChI is InChI=1S/C14H29N3O4/c1-5-20-13(18)16-9-7-8-11(3)12(10-15-4)17-14(19)21-6-2/h11-12,15H,5-10H2,1-4H3,(H,16,18)(H,17,19)/t11-,12?/m0/s1.